The molecule has 6 nitrogen and oxygen atoms in total. The smallest absolute Gasteiger partial charge is 0.288 e. The highest BCUT2D eigenvalue weighted by atomic mass is 19.1. The van der Waals surface area contributed by atoms with Crippen LogP contribution in [-0.2, 0) is 0 Å². The average molecular weight is 372 g/mol. The molecule has 0 bridgehead atoms. The maximum absolute atomic E-state index is 13.8. The molecular formula is C19H18F2N4O2. The lowest BCUT2D eigenvalue weighted by Gasteiger charge is -2.19. The van der Waals surface area contributed by atoms with Gasteiger partial charge in [0.15, 0.2) is 5.69 Å². The number of rotatable bonds is 3. The first-order valence-electron chi connectivity index (χ1n) is 8.22. The van der Waals surface area contributed by atoms with Crippen molar-refractivity contribution >= 4 is 23.0 Å². The van der Waals surface area contributed by atoms with Gasteiger partial charge in [-0.15, -0.1) is 0 Å². The third-order valence-corrected chi connectivity index (χ3v) is 3.66. The predicted molar refractivity (Wildman–Crippen MR) is 96.7 cm³/mol. The second kappa shape index (κ2) is 6.79. The number of hydrogen-bond acceptors (Lipinski definition) is 3. The van der Waals surface area contributed by atoms with Gasteiger partial charge in [0.2, 0.25) is 5.82 Å². The molecule has 0 aliphatic carbocycles. The number of nitrogens with one attached hydrogen (secondary N) is 2. The average Bonchev–Trinajstić information content (AvgIpc) is 2.96. The summed E-state index contributed by atoms with van der Waals surface area (Å²) in [6, 6.07) is 8.21. The van der Waals surface area contributed by atoms with Crippen molar-refractivity contribution in [1.82, 2.24) is 14.7 Å². The summed E-state index contributed by atoms with van der Waals surface area (Å²) in [4.78, 5) is 29.3. The second-order valence-corrected chi connectivity index (χ2v) is 6.99. The molecule has 27 heavy (non-hydrogen) atoms. The zero-order chi connectivity index (χ0) is 19.8. The van der Waals surface area contributed by atoms with E-state index in [1.807, 2.05) is 20.8 Å². The van der Waals surface area contributed by atoms with Crippen molar-refractivity contribution in [2.45, 2.75) is 26.3 Å². The van der Waals surface area contributed by atoms with Gasteiger partial charge in [0.05, 0.1) is 5.52 Å². The molecule has 3 rings (SSSR count). The van der Waals surface area contributed by atoms with Crippen molar-refractivity contribution in [1.29, 1.82) is 0 Å². The van der Waals surface area contributed by atoms with E-state index in [2.05, 4.69) is 15.6 Å². The largest absolute Gasteiger partial charge is 0.345 e. The van der Waals surface area contributed by atoms with Crippen LogP contribution in [0.3, 0.4) is 0 Å². The number of para-hydroxylation sites is 1. The molecule has 0 aliphatic heterocycles. The molecule has 2 N–H and O–H groups in total. The number of nitrogens with zero attached hydrogens (tertiary/aromatic N) is 2. The molecule has 3 aromatic rings. The van der Waals surface area contributed by atoms with Crippen LogP contribution >= 0.6 is 0 Å². The maximum Gasteiger partial charge on any atom is 0.288 e. The Balaban J connectivity index is 2.02. The van der Waals surface area contributed by atoms with Gasteiger partial charge in [-0.3, -0.25) is 14.0 Å². The highest BCUT2D eigenvalue weighted by molar-refractivity contribution is 6.09. The van der Waals surface area contributed by atoms with Crippen LogP contribution in [0.1, 0.15) is 41.9 Å². The number of imidazole rings is 1. The molecule has 140 valence electrons. The first-order chi connectivity index (χ1) is 12.7. The summed E-state index contributed by atoms with van der Waals surface area (Å²) in [5, 5.41) is 4.96. The third-order valence-electron chi connectivity index (χ3n) is 3.66. The zero-order valence-corrected chi connectivity index (χ0v) is 15.0. The lowest BCUT2D eigenvalue weighted by atomic mass is 10.1. The predicted octanol–water partition coefficient (Wildman–Crippen LogP) is 3.39. The minimum atomic E-state index is -0.905. The number of amides is 2. The molecule has 2 heterocycles. The van der Waals surface area contributed by atoms with Gasteiger partial charge < -0.3 is 10.6 Å². The summed E-state index contributed by atoms with van der Waals surface area (Å²) in [7, 11) is 0. The monoisotopic (exact) mass is 372 g/mol. The van der Waals surface area contributed by atoms with Crippen LogP contribution < -0.4 is 10.6 Å². The van der Waals surface area contributed by atoms with Gasteiger partial charge in [-0.2, -0.15) is 0 Å². The summed E-state index contributed by atoms with van der Waals surface area (Å²) in [6.07, 6.45) is 1.58. The molecular weight excluding hydrogens is 354 g/mol. The molecule has 0 unspecified atom stereocenters. The Bertz CT molecular complexity index is 1020. The van der Waals surface area contributed by atoms with Gasteiger partial charge in [-0.1, -0.05) is 12.1 Å². The number of carbonyl (C=O) groups excluding carboxylic acids is 2. The van der Waals surface area contributed by atoms with E-state index in [1.165, 1.54) is 10.5 Å². The Labute approximate surface area is 154 Å². The summed E-state index contributed by atoms with van der Waals surface area (Å²) >= 11 is 0. The van der Waals surface area contributed by atoms with E-state index in [0.29, 0.717) is 5.52 Å². The van der Waals surface area contributed by atoms with Gasteiger partial charge in [-0.25, -0.2) is 13.8 Å². The van der Waals surface area contributed by atoms with E-state index in [1.54, 1.807) is 24.4 Å². The van der Waals surface area contributed by atoms with Crippen LogP contribution in [0.5, 0.6) is 0 Å². The van der Waals surface area contributed by atoms with Crippen LogP contribution in [0.4, 0.5) is 14.5 Å². The number of hydrogen-bond donors (Lipinski definition) is 2. The Kier molecular flexibility index (Phi) is 4.65. The fourth-order valence-corrected chi connectivity index (χ4v) is 2.55. The van der Waals surface area contributed by atoms with Crippen LogP contribution in [0.25, 0.3) is 5.52 Å². The SMILES string of the molecule is CC(C)(C)NC(=O)c1nc(C(=O)Nc2c(F)cccc2F)c2ccccn12. The minimum absolute atomic E-state index is 0.000296. The van der Waals surface area contributed by atoms with Crippen molar-refractivity contribution < 1.29 is 18.4 Å². The van der Waals surface area contributed by atoms with Gasteiger partial charge in [0, 0.05) is 11.7 Å². The summed E-state index contributed by atoms with van der Waals surface area (Å²) in [5.41, 5.74) is -0.848. The summed E-state index contributed by atoms with van der Waals surface area (Å²) < 4.78 is 29.1. The van der Waals surface area contributed by atoms with Gasteiger partial charge in [0.25, 0.3) is 11.8 Å². The Hall–Kier alpha value is -3.29. The fourth-order valence-electron chi connectivity index (χ4n) is 2.55. The van der Waals surface area contributed by atoms with Crippen molar-refractivity contribution in [3.63, 3.8) is 0 Å². The first-order valence-corrected chi connectivity index (χ1v) is 8.22. The molecule has 0 aliphatic rings. The molecule has 8 heteroatoms. The van der Waals surface area contributed by atoms with E-state index in [-0.39, 0.29) is 11.5 Å². The van der Waals surface area contributed by atoms with E-state index in [0.717, 1.165) is 12.1 Å². The number of pyridine rings is 1. The third kappa shape index (κ3) is 3.79. The van der Waals surface area contributed by atoms with Gasteiger partial charge >= 0.3 is 0 Å². The summed E-state index contributed by atoms with van der Waals surface area (Å²) in [5.74, 6) is -3.10. The summed E-state index contributed by atoms with van der Waals surface area (Å²) in [6.45, 7) is 5.44. The van der Waals surface area contributed by atoms with Gasteiger partial charge in [0.1, 0.15) is 17.3 Å². The topological polar surface area (TPSA) is 75.5 Å². The standard InChI is InChI=1S/C19H18F2N4O2/c1-19(2,3)24-18(27)16-22-15(13-9-4-5-10-25(13)16)17(26)23-14-11(20)7-6-8-12(14)21/h4-10H,1-3H3,(H,23,26)(H,24,27). The van der Waals surface area contributed by atoms with E-state index >= 15 is 0 Å². The fraction of sp³-hybridized carbons (Fsp3) is 0.211. The number of aromatic nitrogens is 2. The van der Waals surface area contributed by atoms with Crippen molar-refractivity contribution in [2.75, 3.05) is 5.32 Å². The number of carbonyl (C=O) groups is 2. The van der Waals surface area contributed by atoms with Crippen molar-refractivity contribution in [3.05, 3.63) is 65.7 Å². The normalized spacial score (nSPS) is 11.4. The molecule has 0 spiro atoms. The van der Waals surface area contributed by atoms with E-state index < -0.39 is 34.7 Å². The molecule has 0 saturated heterocycles. The van der Waals surface area contributed by atoms with E-state index in [4.69, 9.17) is 0 Å². The van der Waals surface area contributed by atoms with Crippen LogP contribution in [-0.4, -0.2) is 26.7 Å². The molecule has 0 atom stereocenters. The van der Waals surface area contributed by atoms with Crippen LogP contribution in [0.15, 0.2) is 42.6 Å². The van der Waals surface area contributed by atoms with Crippen LogP contribution in [0.2, 0.25) is 0 Å². The lowest BCUT2D eigenvalue weighted by Crippen LogP contribution is -2.41. The highest BCUT2D eigenvalue weighted by Crippen LogP contribution is 2.21. The highest BCUT2D eigenvalue weighted by Gasteiger charge is 2.25. The molecule has 0 fully saturated rings. The zero-order valence-electron chi connectivity index (χ0n) is 15.0. The number of fused-ring (bicyclic) bond motifs is 1. The quantitative estimate of drug-likeness (QED) is 0.740. The van der Waals surface area contributed by atoms with Crippen molar-refractivity contribution in [2.24, 2.45) is 0 Å². The maximum atomic E-state index is 13.8. The molecule has 1 aromatic carbocycles. The molecule has 2 aromatic heterocycles. The van der Waals surface area contributed by atoms with Crippen LogP contribution in [0, 0.1) is 11.6 Å². The Morgan fingerprint density at radius 3 is 2.30 bits per heavy atom. The number of benzene rings is 1. The van der Waals surface area contributed by atoms with E-state index in [9.17, 15) is 18.4 Å². The molecule has 0 radical (unpaired) electrons. The number of anilines is 1. The van der Waals surface area contributed by atoms with Gasteiger partial charge in [-0.05, 0) is 45.0 Å². The lowest BCUT2D eigenvalue weighted by molar-refractivity contribution is 0.0908. The van der Waals surface area contributed by atoms with Crippen molar-refractivity contribution in [3.8, 4) is 0 Å². The Morgan fingerprint density at radius 2 is 1.67 bits per heavy atom. The first kappa shape index (κ1) is 18.5. The number of halogens is 2. The molecule has 2 amide bonds. The Morgan fingerprint density at radius 1 is 1.00 bits per heavy atom. The molecule has 0 saturated carbocycles. The minimum Gasteiger partial charge on any atom is -0.345 e. The second-order valence-electron chi connectivity index (χ2n) is 6.99.